The van der Waals surface area contributed by atoms with Gasteiger partial charge in [-0.1, -0.05) is 19.1 Å². The van der Waals surface area contributed by atoms with Crippen LogP contribution in [0.3, 0.4) is 0 Å². The van der Waals surface area contributed by atoms with Gasteiger partial charge in [-0.2, -0.15) is 5.10 Å². The zero-order chi connectivity index (χ0) is 24.9. The Morgan fingerprint density at radius 1 is 1.17 bits per heavy atom. The van der Waals surface area contributed by atoms with Crippen LogP contribution in [0.2, 0.25) is 0 Å². The van der Waals surface area contributed by atoms with Crippen LogP contribution in [-0.2, 0) is 4.79 Å². The highest BCUT2D eigenvalue weighted by molar-refractivity contribution is 7.98. The fraction of sp³-hybridized carbons (Fsp3) is 0.292. The summed E-state index contributed by atoms with van der Waals surface area (Å²) in [5.41, 5.74) is 5.19. The first-order valence-corrected chi connectivity index (χ1v) is 13.1. The number of hydrazone groups is 1. The number of nitrogens with zero attached hydrogens (tertiary/aromatic N) is 3. The van der Waals surface area contributed by atoms with E-state index in [9.17, 15) is 14.4 Å². The van der Waals surface area contributed by atoms with Crippen molar-refractivity contribution in [1.82, 2.24) is 25.6 Å². The Bertz CT molecular complexity index is 1240. The molecule has 2 aliphatic heterocycles. The predicted molar refractivity (Wildman–Crippen MR) is 137 cm³/mol. The van der Waals surface area contributed by atoms with Gasteiger partial charge in [-0.15, -0.1) is 23.1 Å². The SMILES string of the molecule is CC1CC(=O)NN=C1c1cc(-n2ccnc2)cs1.CSc1ccc(C(=O)C2NC(=O)NC2C)cc1. The molecule has 3 aromatic rings. The summed E-state index contributed by atoms with van der Waals surface area (Å²) < 4.78 is 1.95. The highest BCUT2D eigenvalue weighted by atomic mass is 32.2. The van der Waals surface area contributed by atoms with Crippen LogP contribution in [0.25, 0.3) is 5.69 Å². The first kappa shape index (κ1) is 24.7. The minimum Gasteiger partial charge on any atom is -0.333 e. The van der Waals surface area contributed by atoms with Gasteiger partial charge in [0, 0.05) is 40.6 Å². The number of thiophene rings is 1. The second kappa shape index (κ2) is 10.9. The minimum atomic E-state index is -0.470. The number of rotatable bonds is 5. The minimum absolute atomic E-state index is 0.0161. The Balaban J connectivity index is 0.000000165. The number of urea groups is 1. The van der Waals surface area contributed by atoms with Crippen molar-refractivity contribution < 1.29 is 14.4 Å². The van der Waals surface area contributed by atoms with Gasteiger partial charge in [0.1, 0.15) is 6.04 Å². The Morgan fingerprint density at radius 3 is 2.54 bits per heavy atom. The number of ketones is 1. The molecule has 35 heavy (non-hydrogen) atoms. The number of hydrogen-bond acceptors (Lipinski definition) is 7. The Labute approximate surface area is 211 Å². The van der Waals surface area contributed by atoms with E-state index >= 15 is 0 Å². The molecule has 3 N–H and O–H groups in total. The summed E-state index contributed by atoms with van der Waals surface area (Å²) in [6.45, 7) is 3.84. The van der Waals surface area contributed by atoms with Crippen molar-refractivity contribution in [3.05, 3.63) is 64.9 Å². The smallest absolute Gasteiger partial charge is 0.315 e. The van der Waals surface area contributed by atoms with Crippen molar-refractivity contribution in [2.75, 3.05) is 6.26 Å². The molecule has 3 amide bonds. The van der Waals surface area contributed by atoms with Gasteiger partial charge in [0.05, 0.1) is 28.6 Å². The van der Waals surface area contributed by atoms with Gasteiger partial charge in [-0.25, -0.2) is 15.2 Å². The lowest BCUT2D eigenvalue weighted by Gasteiger charge is -2.17. The highest BCUT2D eigenvalue weighted by Crippen LogP contribution is 2.24. The normalized spacial score (nSPS) is 21.2. The topological polar surface area (TPSA) is 117 Å². The Kier molecular flexibility index (Phi) is 7.67. The molecule has 4 heterocycles. The van der Waals surface area contributed by atoms with Crippen molar-refractivity contribution in [3.8, 4) is 5.69 Å². The second-order valence-corrected chi connectivity index (χ2v) is 10.0. The molecular weight excluding hydrogens is 484 g/mol. The molecule has 3 unspecified atom stereocenters. The van der Waals surface area contributed by atoms with Crippen LogP contribution >= 0.6 is 23.1 Å². The van der Waals surface area contributed by atoms with E-state index in [2.05, 4.69) is 37.6 Å². The molecule has 5 rings (SSSR count). The number of imidazole rings is 1. The second-order valence-electron chi connectivity index (χ2n) is 8.25. The van der Waals surface area contributed by atoms with Gasteiger partial charge in [-0.05, 0) is 31.4 Å². The number of carbonyl (C=O) groups is 3. The molecule has 0 radical (unpaired) electrons. The summed E-state index contributed by atoms with van der Waals surface area (Å²) in [7, 11) is 0. The first-order chi connectivity index (χ1) is 16.9. The molecule has 0 bridgehead atoms. The van der Waals surface area contributed by atoms with E-state index in [-0.39, 0.29) is 29.7 Å². The van der Waals surface area contributed by atoms with Crippen LogP contribution in [0.5, 0.6) is 0 Å². The Morgan fingerprint density at radius 2 is 1.94 bits per heavy atom. The number of amides is 3. The maximum absolute atomic E-state index is 12.1. The van der Waals surface area contributed by atoms with Crippen LogP contribution in [0.15, 0.2) is 64.4 Å². The predicted octanol–water partition coefficient (Wildman–Crippen LogP) is 3.46. The summed E-state index contributed by atoms with van der Waals surface area (Å²) in [4.78, 5) is 40.7. The molecule has 11 heteroatoms. The molecule has 0 aliphatic carbocycles. The zero-order valence-corrected chi connectivity index (χ0v) is 21.2. The summed E-state index contributed by atoms with van der Waals surface area (Å²) >= 11 is 3.26. The van der Waals surface area contributed by atoms with E-state index in [1.807, 2.05) is 43.0 Å². The quantitative estimate of drug-likeness (QED) is 0.359. The van der Waals surface area contributed by atoms with E-state index in [4.69, 9.17) is 0 Å². The number of benzene rings is 1. The molecule has 1 fully saturated rings. The lowest BCUT2D eigenvalue weighted by atomic mass is 9.99. The van der Waals surface area contributed by atoms with Crippen LogP contribution < -0.4 is 16.1 Å². The fourth-order valence-electron chi connectivity index (χ4n) is 3.78. The molecule has 1 saturated heterocycles. The first-order valence-electron chi connectivity index (χ1n) is 11.0. The third kappa shape index (κ3) is 5.80. The van der Waals surface area contributed by atoms with Crippen molar-refractivity contribution in [3.63, 3.8) is 0 Å². The van der Waals surface area contributed by atoms with Gasteiger partial charge in [-0.3, -0.25) is 9.59 Å². The fourth-order valence-corrected chi connectivity index (χ4v) is 5.19. The zero-order valence-electron chi connectivity index (χ0n) is 19.5. The molecule has 0 saturated carbocycles. The molecule has 2 aromatic heterocycles. The molecule has 2 aliphatic rings. The van der Waals surface area contributed by atoms with Crippen LogP contribution in [0.1, 0.15) is 35.5 Å². The number of carbonyl (C=O) groups excluding carboxylic acids is 3. The standard InChI is InChI=1S/C12H12N4OS.C12H14N2O2S/c1-8-4-11(17)14-15-12(8)10-5-9(6-18-10)16-3-2-13-7-16;1-7-10(14-12(16)13-7)11(15)8-3-5-9(17-2)6-4-8/h2-3,5-8H,4H2,1H3,(H,14,17);3-7,10H,1-2H3,(H2,13,14,16). The van der Waals surface area contributed by atoms with Crippen LogP contribution in [0, 0.1) is 5.92 Å². The van der Waals surface area contributed by atoms with Crippen molar-refractivity contribution in [2.45, 2.75) is 37.2 Å². The summed E-state index contributed by atoms with van der Waals surface area (Å²) in [5, 5.41) is 11.5. The maximum Gasteiger partial charge on any atom is 0.315 e. The lowest BCUT2D eigenvalue weighted by Crippen LogP contribution is -2.38. The van der Waals surface area contributed by atoms with E-state index in [1.54, 1.807) is 47.8 Å². The number of nitrogens with one attached hydrogen (secondary N) is 3. The third-order valence-corrected chi connectivity index (χ3v) is 7.39. The molecular formula is C24H26N6O3S2. The van der Waals surface area contributed by atoms with Crippen LogP contribution in [-0.4, -0.2) is 51.3 Å². The Hall–Kier alpha value is -3.44. The number of Topliss-reactive ketones (excluding diaryl/α,β-unsaturated/α-hetero) is 1. The molecule has 3 atom stereocenters. The monoisotopic (exact) mass is 510 g/mol. The van der Waals surface area contributed by atoms with E-state index in [1.165, 1.54) is 0 Å². The van der Waals surface area contributed by atoms with E-state index < -0.39 is 6.04 Å². The third-order valence-electron chi connectivity index (χ3n) is 5.70. The largest absolute Gasteiger partial charge is 0.333 e. The van der Waals surface area contributed by atoms with Gasteiger partial charge in [0.2, 0.25) is 5.91 Å². The highest BCUT2D eigenvalue weighted by Gasteiger charge is 2.34. The molecule has 0 spiro atoms. The molecule has 9 nitrogen and oxygen atoms in total. The molecule has 1 aromatic carbocycles. The van der Waals surface area contributed by atoms with Crippen molar-refractivity contribution in [1.29, 1.82) is 0 Å². The van der Waals surface area contributed by atoms with Gasteiger partial charge < -0.3 is 15.2 Å². The average Bonchev–Trinajstić information content (AvgIpc) is 3.60. The average molecular weight is 511 g/mol. The van der Waals surface area contributed by atoms with Crippen molar-refractivity contribution >= 4 is 46.5 Å². The van der Waals surface area contributed by atoms with E-state index in [0.717, 1.165) is 21.2 Å². The summed E-state index contributed by atoms with van der Waals surface area (Å²) in [5.74, 6) is 0.0918. The molecule has 182 valence electrons. The van der Waals surface area contributed by atoms with Crippen molar-refractivity contribution in [2.24, 2.45) is 11.0 Å². The number of hydrogen-bond donors (Lipinski definition) is 3. The van der Waals surface area contributed by atoms with Gasteiger partial charge in [0.25, 0.3) is 0 Å². The number of thioether (sulfide) groups is 1. The van der Waals surface area contributed by atoms with Gasteiger partial charge in [0.15, 0.2) is 5.78 Å². The van der Waals surface area contributed by atoms with Crippen LogP contribution in [0.4, 0.5) is 4.79 Å². The number of aromatic nitrogens is 2. The lowest BCUT2D eigenvalue weighted by molar-refractivity contribution is -0.121. The van der Waals surface area contributed by atoms with E-state index in [0.29, 0.717) is 12.0 Å². The maximum atomic E-state index is 12.1. The summed E-state index contributed by atoms with van der Waals surface area (Å²) in [6, 6.07) is 8.56. The summed E-state index contributed by atoms with van der Waals surface area (Å²) in [6.07, 6.45) is 7.90. The van der Waals surface area contributed by atoms with Gasteiger partial charge >= 0.3 is 6.03 Å².